The molecule has 0 unspecified atom stereocenters. The highest BCUT2D eigenvalue weighted by molar-refractivity contribution is 6.30. The normalized spacial score (nSPS) is 20.9. The number of halogens is 1. The highest BCUT2D eigenvalue weighted by Crippen LogP contribution is 2.42. The fourth-order valence-electron chi connectivity index (χ4n) is 3.28. The summed E-state index contributed by atoms with van der Waals surface area (Å²) >= 11 is 6.01. The van der Waals surface area contributed by atoms with Crippen LogP contribution in [-0.2, 0) is 0 Å². The molecule has 2 aromatic carbocycles. The summed E-state index contributed by atoms with van der Waals surface area (Å²) in [5.74, 6) is 1.36. The molecule has 0 heterocycles. The van der Waals surface area contributed by atoms with Gasteiger partial charge >= 0.3 is 0 Å². The number of methoxy groups -OCH3 is 1. The van der Waals surface area contributed by atoms with Gasteiger partial charge in [0, 0.05) is 17.0 Å². The van der Waals surface area contributed by atoms with E-state index in [1.807, 2.05) is 19.2 Å². The minimum Gasteiger partial charge on any atom is -0.497 e. The van der Waals surface area contributed by atoms with Crippen LogP contribution in [-0.4, -0.2) is 14.2 Å². The lowest BCUT2D eigenvalue weighted by Crippen LogP contribution is -2.24. The van der Waals surface area contributed by atoms with Gasteiger partial charge in [-0.3, -0.25) is 0 Å². The van der Waals surface area contributed by atoms with Crippen molar-refractivity contribution >= 4 is 11.6 Å². The van der Waals surface area contributed by atoms with Crippen molar-refractivity contribution in [1.82, 2.24) is 5.32 Å². The Bertz CT molecular complexity index is 624. The molecule has 1 aliphatic rings. The molecule has 3 rings (SSSR count). The Balaban J connectivity index is 2.04. The van der Waals surface area contributed by atoms with Gasteiger partial charge in [0.2, 0.25) is 0 Å². The van der Waals surface area contributed by atoms with Crippen molar-refractivity contribution in [2.24, 2.45) is 0 Å². The summed E-state index contributed by atoms with van der Waals surface area (Å²) < 4.78 is 5.38. The molecule has 0 saturated carbocycles. The summed E-state index contributed by atoms with van der Waals surface area (Å²) in [5, 5.41) is 4.21. The number of hydrogen-bond donors (Lipinski definition) is 1. The fourth-order valence-corrected chi connectivity index (χ4v) is 3.41. The lowest BCUT2D eigenvalue weighted by atomic mass is 9.76. The van der Waals surface area contributed by atoms with E-state index in [2.05, 4.69) is 35.6 Å². The molecule has 1 N–H and O–H groups in total. The molecule has 0 aliphatic heterocycles. The first-order valence-corrected chi connectivity index (χ1v) is 7.71. The molecule has 2 aromatic rings. The molecule has 0 saturated heterocycles. The number of benzene rings is 2. The lowest BCUT2D eigenvalue weighted by molar-refractivity contribution is 0.409. The van der Waals surface area contributed by atoms with E-state index >= 15 is 0 Å². The summed E-state index contributed by atoms with van der Waals surface area (Å²) in [7, 11) is 3.74. The lowest BCUT2D eigenvalue weighted by Gasteiger charge is -2.32. The van der Waals surface area contributed by atoms with Gasteiger partial charge in [-0.15, -0.1) is 0 Å². The zero-order valence-corrected chi connectivity index (χ0v) is 13.2. The fraction of sp³-hybridized carbons (Fsp3) is 0.333. The van der Waals surface area contributed by atoms with E-state index in [1.54, 1.807) is 7.11 Å². The van der Waals surface area contributed by atoms with Crippen LogP contribution >= 0.6 is 11.6 Å². The van der Waals surface area contributed by atoms with Crippen molar-refractivity contribution in [3.63, 3.8) is 0 Å². The third-order valence-electron chi connectivity index (χ3n) is 4.41. The van der Waals surface area contributed by atoms with E-state index in [4.69, 9.17) is 16.3 Å². The second-order valence-corrected chi connectivity index (χ2v) is 5.95. The molecule has 0 bridgehead atoms. The van der Waals surface area contributed by atoms with Crippen molar-refractivity contribution in [2.75, 3.05) is 14.2 Å². The van der Waals surface area contributed by atoms with E-state index in [-0.39, 0.29) is 0 Å². The number of nitrogens with one attached hydrogen (secondary N) is 1. The van der Waals surface area contributed by atoms with Crippen molar-refractivity contribution in [2.45, 2.75) is 24.8 Å². The summed E-state index contributed by atoms with van der Waals surface area (Å²) in [4.78, 5) is 0. The highest BCUT2D eigenvalue weighted by Gasteiger charge is 2.27. The van der Waals surface area contributed by atoms with Gasteiger partial charge in [-0.25, -0.2) is 0 Å². The molecule has 0 radical (unpaired) electrons. The summed E-state index contributed by atoms with van der Waals surface area (Å²) in [6.45, 7) is 0. The molecular weight excluding hydrogens is 282 g/mol. The van der Waals surface area contributed by atoms with Crippen molar-refractivity contribution in [3.8, 4) is 5.75 Å². The van der Waals surface area contributed by atoms with Crippen LogP contribution in [0, 0.1) is 0 Å². The molecule has 0 fully saturated rings. The van der Waals surface area contributed by atoms with Crippen molar-refractivity contribution < 1.29 is 4.74 Å². The quantitative estimate of drug-likeness (QED) is 0.899. The molecule has 0 aromatic heterocycles. The Labute approximate surface area is 131 Å². The van der Waals surface area contributed by atoms with Gasteiger partial charge in [-0.2, -0.15) is 0 Å². The molecule has 3 heteroatoms. The van der Waals surface area contributed by atoms with Crippen LogP contribution in [0.3, 0.4) is 0 Å². The molecule has 0 amide bonds. The summed E-state index contributed by atoms with van der Waals surface area (Å²) in [6, 6.07) is 15.1. The molecule has 0 spiro atoms. The van der Waals surface area contributed by atoms with Crippen LogP contribution in [0.5, 0.6) is 5.75 Å². The second kappa shape index (κ2) is 6.08. The third-order valence-corrected chi connectivity index (χ3v) is 4.66. The van der Waals surface area contributed by atoms with E-state index < -0.39 is 0 Å². The second-order valence-electron chi connectivity index (χ2n) is 5.52. The third kappa shape index (κ3) is 2.78. The van der Waals surface area contributed by atoms with Crippen LogP contribution in [0.25, 0.3) is 0 Å². The topological polar surface area (TPSA) is 21.3 Å². The Kier molecular flexibility index (Phi) is 4.18. The Morgan fingerprint density at radius 3 is 2.48 bits per heavy atom. The number of rotatable bonds is 3. The van der Waals surface area contributed by atoms with E-state index in [9.17, 15) is 0 Å². The van der Waals surface area contributed by atoms with E-state index in [0.717, 1.165) is 23.6 Å². The summed E-state index contributed by atoms with van der Waals surface area (Å²) in [6.07, 6.45) is 2.27. The van der Waals surface area contributed by atoms with Crippen LogP contribution in [0.2, 0.25) is 5.02 Å². The maximum atomic E-state index is 6.01. The van der Waals surface area contributed by atoms with Crippen LogP contribution in [0.1, 0.15) is 41.5 Å². The van der Waals surface area contributed by atoms with Gasteiger partial charge in [0.1, 0.15) is 5.75 Å². The van der Waals surface area contributed by atoms with Gasteiger partial charge in [-0.1, -0.05) is 29.8 Å². The van der Waals surface area contributed by atoms with Gasteiger partial charge in [-0.05, 0) is 60.8 Å². The van der Waals surface area contributed by atoms with Crippen molar-refractivity contribution in [1.29, 1.82) is 0 Å². The van der Waals surface area contributed by atoms with Crippen LogP contribution in [0.15, 0.2) is 42.5 Å². The van der Waals surface area contributed by atoms with Crippen molar-refractivity contribution in [3.05, 3.63) is 64.2 Å². The number of fused-ring (bicyclic) bond motifs is 1. The van der Waals surface area contributed by atoms with Gasteiger partial charge in [0.15, 0.2) is 0 Å². The molecule has 2 atom stereocenters. The predicted octanol–water partition coefficient (Wildman–Crippen LogP) is 4.53. The molecule has 1 aliphatic carbocycles. The van der Waals surface area contributed by atoms with E-state index in [1.165, 1.54) is 16.7 Å². The van der Waals surface area contributed by atoms with Gasteiger partial charge < -0.3 is 10.1 Å². The zero-order chi connectivity index (χ0) is 14.8. The first kappa shape index (κ1) is 14.4. The maximum absolute atomic E-state index is 6.01. The molecular formula is C18H20ClNO. The monoisotopic (exact) mass is 301 g/mol. The smallest absolute Gasteiger partial charge is 0.119 e. The number of ether oxygens (including phenoxy) is 1. The maximum Gasteiger partial charge on any atom is 0.119 e. The van der Waals surface area contributed by atoms with Crippen LogP contribution in [0.4, 0.5) is 0 Å². The number of hydrogen-bond acceptors (Lipinski definition) is 2. The Morgan fingerprint density at radius 1 is 1.05 bits per heavy atom. The van der Waals surface area contributed by atoms with Crippen LogP contribution < -0.4 is 10.1 Å². The first-order chi connectivity index (χ1) is 10.2. The molecule has 110 valence electrons. The zero-order valence-electron chi connectivity index (χ0n) is 12.4. The SMILES string of the molecule is CN[C@@H]1CC[C@@H](c2ccc(Cl)cc2)c2ccc(OC)cc21. The Hall–Kier alpha value is -1.51. The minimum absolute atomic E-state index is 0.402. The van der Waals surface area contributed by atoms with Gasteiger partial charge in [0.25, 0.3) is 0 Å². The largest absolute Gasteiger partial charge is 0.497 e. The molecule has 21 heavy (non-hydrogen) atoms. The highest BCUT2D eigenvalue weighted by atomic mass is 35.5. The summed E-state index contributed by atoms with van der Waals surface area (Å²) in [5.41, 5.74) is 4.08. The minimum atomic E-state index is 0.402. The Morgan fingerprint density at radius 2 is 1.81 bits per heavy atom. The predicted molar refractivity (Wildman–Crippen MR) is 87.3 cm³/mol. The molecule has 2 nitrogen and oxygen atoms in total. The van der Waals surface area contributed by atoms with Gasteiger partial charge in [0.05, 0.1) is 7.11 Å². The van der Waals surface area contributed by atoms with E-state index in [0.29, 0.717) is 12.0 Å². The average molecular weight is 302 g/mol. The average Bonchev–Trinajstić information content (AvgIpc) is 2.54. The standard InChI is InChI=1S/C18H20ClNO/c1-20-18-10-9-15(12-3-5-13(19)6-4-12)16-8-7-14(21-2)11-17(16)18/h3-8,11,15,18,20H,9-10H2,1-2H3/t15-,18+/m0/s1. The first-order valence-electron chi connectivity index (χ1n) is 7.33.